The molecule has 0 radical (unpaired) electrons. The van der Waals surface area contributed by atoms with Crippen molar-refractivity contribution in [3.05, 3.63) is 53.9 Å². The molecule has 2 aliphatic rings. The number of hydrogen-bond acceptors (Lipinski definition) is 8. The lowest BCUT2D eigenvalue weighted by molar-refractivity contribution is 0.0433. The Labute approximate surface area is 235 Å². The van der Waals surface area contributed by atoms with E-state index in [1.807, 2.05) is 68.6 Å². The molecule has 0 bridgehead atoms. The summed E-state index contributed by atoms with van der Waals surface area (Å²) < 4.78 is 26.2. The van der Waals surface area contributed by atoms with Crippen LogP contribution in [0.25, 0.3) is 0 Å². The van der Waals surface area contributed by atoms with E-state index >= 15 is 0 Å². The van der Waals surface area contributed by atoms with Gasteiger partial charge < -0.3 is 19.8 Å². The molecule has 5 rings (SSSR count). The fourth-order valence-electron chi connectivity index (χ4n) is 4.79. The topological polar surface area (TPSA) is 117 Å². The number of aromatic nitrogens is 4. The molecule has 3 aromatic rings. The highest BCUT2D eigenvalue weighted by molar-refractivity contribution is 7.85. The van der Waals surface area contributed by atoms with Gasteiger partial charge >= 0.3 is 0 Å². The first-order valence-corrected chi connectivity index (χ1v) is 14.9. The van der Waals surface area contributed by atoms with Gasteiger partial charge in [0.15, 0.2) is 11.6 Å². The van der Waals surface area contributed by atoms with E-state index in [-0.39, 0.29) is 19.0 Å². The van der Waals surface area contributed by atoms with Crippen molar-refractivity contribution in [1.29, 1.82) is 0 Å². The van der Waals surface area contributed by atoms with Crippen molar-refractivity contribution in [2.45, 2.75) is 64.4 Å². The Morgan fingerprint density at radius 1 is 1.13 bits per heavy atom. The van der Waals surface area contributed by atoms with Crippen LogP contribution in [0.5, 0.6) is 5.75 Å². The first-order valence-electron chi connectivity index (χ1n) is 13.4. The maximum absolute atomic E-state index is 12.9. The van der Waals surface area contributed by atoms with E-state index in [9.17, 15) is 4.21 Å². The summed E-state index contributed by atoms with van der Waals surface area (Å²) in [5.41, 5.74) is 1.81. The lowest BCUT2D eigenvalue weighted by Gasteiger charge is -2.46. The highest BCUT2D eigenvalue weighted by Gasteiger charge is 2.42. The fraction of sp³-hybridized carbons (Fsp3) is 0.536. The van der Waals surface area contributed by atoms with E-state index in [1.54, 1.807) is 12.5 Å². The number of nitrogens with zero attached hydrogens (tertiary/aromatic N) is 6. The quantitative estimate of drug-likeness (QED) is 0.427. The third-order valence-corrected chi connectivity index (χ3v) is 8.81. The molecule has 0 saturated carbocycles. The average molecular weight is 561 g/mol. The van der Waals surface area contributed by atoms with Crippen LogP contribution in [0.15, 0.2) is 42.6 Å². The van der Waals surface area contributed by atoms with Crippen LogP contribution >= 0.6 is 0 Å². The fourth-order valence-corrected chi connectivity index (χ4v) is 5.20. The molecule has 4 heterocycles. The van der Waals surface area contributed by atoms with Crippen molar-refractivity contribution in [2.75, 3.05) is 42.9 Å². The van der Waals surface area contributed by atoms with Crippen LogP contribution < -0.4 is 14.5 Å². The SMILES string of the molecule is CC.CC[C@@H]1COCC2COc3c(nc(N(C)c4ccnn4Cc4ccccc4)nc3C(C)(C)S(C)=O)N21.O.[HH]. The van der Waals surface area contributed by atoms with Gasteiger partial charge in [-0.25, -0.2) is 9.67 Å². The molecule has 2 unspecified atom stereocenters. The van der Waals surface area contributed by atoms with Crippen LogP contribution in [0, 0.1) is 0 Å². The Bertz CT molecular complexity index is 1260. The molecule has 216 valence electrons. The van der Waals surface area contributed by atoms with Crippen molar-refractivity contribution in [3.63, 3.8) is 0 Å². The summed E-state index contributed by atoms with van der Waals surface area (Å²) in [4.78, 5) is 14.3. The molecule has 1 saturated heterocycles. The summed E-state index contributed by atoms with van der Waals surface area (Å²) in [5, 5.41) is 4.56. The lowest BCUT2D eigenvalue weighted by atomic mass is 10.0. The molecular formula is C28H44N6O4S. The molecule has 0 aliphatic carbocycles. The Kier molecular flexibility index (Phi) is 10.1. The van der Waals surface area contributed by atoms with Gasteiger partial charge in [0.05, 0.1) is 42.8 Å². The maximum atomic E-state index is 12.9. The number of fused-ring (bicyclic) bond motifs is 3. The zero-order chi connectivity index (χ0) is 27.4. The average Bonchev–Trinajstić information content (AvgIpc) is 3.40. The number of ether oxygens (including phenoxy) is 2. The minimum Gasteiger partial charge on any atom is -0.486 e. The van der Waals surface area contributed by atoms with Crippen molar-refractivity contribution < 1.29 is 20.6 Å². The summed E-state index contributed by atoms with van der Waals surface area (Å²) in [6, 6.07) is 12.4. The molecule has 11 heteroatoms. The minimum atomic E-state index is -1.18. The van der Waals surface area contributed by atoms with Gasteiger partial charge in [-0.05, 0) is 25.8 Å². The third-order valence-electron chi connectivity index (χ3n) is 7.18. The van der Waals surface area contributed by atoms with Crippen molar-refractivity contribution >= 4 is 28.4 Å². The number of benzene rings is 1. The van der Waals surface area contributed by atoms with E-state index in [0.29, 0.717) is 43.8 Å². The predicted molar refractivity (Wildman–Crippen MR) is 159 cm³/mol. The third kappa shape index (κ3) is 5.95. The number of rotatable bonds is 7. The highest BCUT2D eigenvalue weighted by atomic mass is 32.2. The number of anilines is 3. The molecular weight excluding hydrogens is 516 g/mol. The van der Waals surface area contributed by atoms with E-state index in [0.717, 1.165) is 23.6 Å². The Morgan fingerprint density at radius 3 is 2.51 bits per heavy atom. The first kappa shape index (κ1) is 30.5. The van der Waals surface area contributed by atoms with Crippen LogP contribution in [0.4, 0.5) is 17.6 Å². The molecule has 2 aliphatic heterocycles. The van der Waals surface area contributed by atoms with E-state index in [1.165, 1.54) is 0 Å². The maximum Gasteiger partial charge on any atom is 0.233 e. The van der Waals surface area contributed by atoms with E-state index in [2.05, 4.69) is 29.1 Å². The zero-order valence-electron chi connectivity index (χ0n) is 24.0. The Morgan fingerprint density at radius 2 is 1.85 bits per heavy atom. The van der Waals surface area contributed by atoms with Gasteiger partial charge in [0.1, 0.15) is 18.1 Å². The van der Waals surface area contributed by atoms with Gasteiger partial charge in [-0.2, -0.15) is 10.1 Å². The molecule has 39 heavy (non-hydrogen) atoms. The van der Waals surface area contributed by atoms with Crippen LogP contribution in [-0.4, -0.2) is 74.6 Å². The normalized spacial score (nSPS) is 18.9. The van der Waals surface area contributed by atoms with Gasteiger partial charge in [-0.15, -0.1) is 0 Å². The second-order valence-corrected chi connectivity index (χ2v) is 11.8. The Hall–Kier alpha value is -3.02. The Balaban J connectivity index is 0.00000137. The van der Waals surface area contributed by atoms with E-state index in [4.69, 9.17) is 19.4 Å². The highest BCUT2D eigenvalue weighted by Crippen LogP contribution is 2.44. The zero-order valence-corrected chi connectivity index (χ0v) is 24.9. The van der Waals surface area contributed by atoms with Gasteiger partial charge in [-0.3, -0.25) is 9.11 Å². The molecule has 0 spiro atoms. The smallest absolute Gasteiger partial charge is 0.233 e. The first-order chi connectivity index (χ1) is 18.3. The van der Waals surface area contributed by atoms with Crippen molar-refractivity contribution in [2.24, 2.45) is 0 Å². The second kappa shape index (κ2) is 12.9. The largest absolute Gasteiger partial charge is 0.486 e. The van der Waals surface area contributed by atoms with Crippen molar-refractivity contribution in [3.8, 4) is 5.75 Å². The summed E-state index contributed by atoms with van der Waals surface area (Å²) in [6.45, 7) is 12.4. The minimum absolute atomic E-state index is 0. The summed E-state index contributed by atoms with van der Waals surface area (Å²) in [5.74, 6) is 2.76. The summed E-state index contributed by atoms with van der Waals surface area (Å²) in [7, 11) is 0.758. The predicted octanol–water partition coefficient (Wildman–Crippen LogP) is 3.93. The second-order valence-electron chi connectivity index (χ2n) is 9.85. The summed E-state index contributed by atoms with van der Waals surface area (Å²) in [6.07, 6.45) is 4.42. The molecule has 1 fully saturated rings. The van der Waals surface area contributed by atoms with Crippen LogP contribution in [-0.2, 0) is 26.8 Å². The lowest BCUT2D eigenvalue weighted by Crippen LogP contribution is -2.57. The summed E-state index contributed by atoms with van der Waals surface area (Å²) >= 11 is 0. The molecule has 1 aromatic carbocycles. The van der Waals surface area contributed by atoms with E-state index < -0.39 is 15.5 Å². The number of morpholine rings is 1. The van der Waals surface area contributed by atoms with Crippen molar-refractivity contribution in [1.82, 2.24) is 19.7 Å². The molecule has 0 amide bonds. The standard InChI is InChI=1S/C26H34N6O3S.C2H6.H2O.H2/c1-6-19-15-34-16-20-17-35-22-23(26(2,3)36(5)33)28-25(29-24(22)32(19)20)30(4)21-12-13-27-31(21)14-18-10-8-7-9-11-18;1-2;;/h7-13,19-20H,6,14-17H2,1-5H3;1-2H3;1H2;1H/t19-,20?,36?;;;/m1.../s1. The van der Waals surface area contributed by atoms with Gasteiger partial charge in [-0.1, -0.05) is 51.1 Å². The van der Waals surface area contributed by atoms with Crippen LogP contribution in [0.2, 0.25) is 0 Å². The monoisotopic (exact) mass is 560 g/mol. The van der Waals surface area contributed by atoms with Crippen LogP contribution in [0.3, 0.4) is 0 Å². The van der Waals surface area contributed by atoms with Crippen LogP contribution in [0.1, 0.15) is 53.7 Å². The molecule has 2 aromatic heterocycles. The van der Waals surface area contributed by atoms with Gasteiger partial charge in [0.2, 0.25) is 5.95 Å². The number of hydrogen-bond donors (Lipinski definition) is 0. The van der Waals surface area contributed by atoms with Gasteiger partial charge in [0, 0.05) is 31.6 Å². The molecule has 10 nitrogen and oxygen atoms in total. The van der Waals surface area contributed by atoms with Gasteiger partial charge in [0.25, 0.3) is 0 Å². The molecule has 3 atom stereocenters. The molecule has 2 N–H and O–H groups in total.